The number of hydrogen-bond acceptors (Lipinski definition) is 1. The van der Waals surface area contributed by atoms with Crippen LogP contribution in [0, 0.1) is 0 Å². The van der Waals surface area contributed by atoms with Crippen molar-refractivity contribution in [3.8, 4) is 0 Å². The van der Waals surface area contributed by atoms with Crippen molar-refractivity contribution in [2.45, 2.75) is 44.9 Å². The predicted molar refractivity (Wildman–Crippen MR) is 74.6 cm³/mol. The molecular formula is C16H25N. The Bertz CT molecular complexity index is 339. The zero-order valence-corrected chi connectivity index (χ0v) is 11.4. The van der Waals surface area contributed by atoms with E-state index >= 15 is 0 Å². The summed E-state index contributed by atoms with van der Waals surface area (Å²) in [6, 6.07) is 9.33. The van der Waals surface area contributed by atoms with Crippen LogP contribution in [0.4, 0.5) is 0 Å². The third kappa shape index (κ3) is 3.32. The maximum absolute atomic E-state index is 2.46. The van der Waals surface area contributed by atoms with Crippen molar-refractivity contribution in [3.05, 3.63) is 35.4 Å². The summed E-state index contributed by atoms with van der Waals surface area (Å²) in [5.41, 5.74) is 3.00. The van der Waals surface area contributed by atoms with Gasteiger partial charge in [-0.15, -0.1) is 0 Å². The molecule has 1 heterocycles. The van der Waals surface area contributed by atoms with Gasteiger partial charge >= 0.3 is 0 Å². The highest BCUT2D eigenvalue weighted by Gasteiger charge is 2.16. The molecule has 2 rings (SSSR count). The van der Waals surface area contributed by atoms with E-state index in [-0.39, 0.29) is 0 Å². The van der Waals surface area contributed by atoms with E-state index in [0.717, 1.165) is 5.92 Å². The molecule has 1 fully saturated rings. The highest BCUT2D eigenvalue weighted by Crippen LogP contribution is 2.28. The van der Waals surface area contributed by atoms with Gasteiger partial charge in [0.1, 0.15) is 0 Å². The van der Waals surface area contributed by atoms with Crippen molar-refractivity contribution >= 4 is 0 Å². The second-order valence-electron chi connectivity index (χ2n) is 5.75. The minimum atomic E-state index is 0.643. The average Bonchev–Trinajstić information content (AvgIpc) is 2.54. The van der Waals surface area contributed by atoms with Crippen LogP contribution in [0.5, 0.6) is 0 Å². The van der Waals surface area contributed by atoms with Gasteiger partial charge in [0.2, 0.25) is 0 Å². The van der Waals surface area contributed by atoms with Gasteiger partial charge in [0.05, 0.1) is 0 Å². The molecule has 1 heteroatoms. The van der Waals surface area contributed by atoms with Gasteiger partial charge in [-0.05, 0) is 62.4 Å². The van der Waals surface area contributed by atoms with Crippen LogP contribution in [0.15, 0.2) is 24.3 Å². The molecule has 0 radical (unpaired) electrons. The Balaban J connectivity index is 2.06. The third-order valence-corrected chi connectivity index (χ3v) is 4.03. The highest BCUT2D eigenvalue weighted by atomic mass is 15.1. The molecule has 1 aliphatic rings. The smallest absolute Gasteiger partial charge is 0.00160 e. The van der Waals surface area contributed by atoms with Crippen LogP contribution in [0.3, 0.4) is 0 Å². The SMILES string of the molecule is CC(C)c1ccc(C2CCCN(C)CC2)cc1. The Morgan fingerprint density at radius 1 is 1.06 bits per heavy atom. The summed E-state index contributed by atoms with van der Waals surface area (Å²) in [5.74, 6) is 1.42. The molecule has 0 aliphatic carbocycles. The van der Waals surface area contributed by atoms with Gasteiger partial charge < -0.3 is 4.90 Å². The minimum absolute atomic E-state index is 0.643. The molecule has 0 spiro atoms. The molecule has 1 aromatic rings. The van der Waals surface area contributed by atoms with Gasteiger partial charge in [-0.1, -0.05) is 38.1 Å². The second kappa shape index (κ2) is 5.68. The van der Waals surface area contributed by atoms with Gasteiger partial charge in [0.25, 0.3) is 0 Å². The molecule has 0 aromatic heterocycles. The molecule has 94 valence electrons. The largest absolute Gasteiger partial charge is 0.306 e. The zero-order valence-electron chi connectivity index (χ0n) is 11.4. The van der Waals surface area contributed by atoms with Crippen molar-refractivity contribution in [3.63, 3.8) is 0 Å². The Morgan fingerprint density at radius 2 is 1.76 bits per heavy atom. The summed E-state index contributed by atoms with van der Waals surface area (Å²) in [6.45, 7) is 7.03. The Morgan fingerprint density at radius 3 is 2.41 bits per heavy atom. The molecule has 1 aromatic carbocycles. The number of benzene rings is 1. The van der Waals surface area contributed by atoms with Crippen molar-refractivity contribution in [1.29, 1.82) is 0 Å². The van der Waals surface area contributed by atoms with E-state index in [0.29, 0.717) is 5.92 Å². The monoisotopic (exact) mass is 231 g/mol. The average molecular weight is 231 g/mol. The van der Waals surface area contributed by atoms with Gasteiger partial charge in [0.15, 0.2) is 0 Å². The van der Waals surface area contributed by atoms with Crippen LogP contribution in [-0.4, -0.2) is 25.0 Å². The fraction of sp³-hybridized carbons (Fsp3) is 0.625. The maximum Gasteiger partial charge on any atom is -0.00160 e. The van der Waals surface area contributed by atoms with Crippen LogP contribution in [0.2, 0.25) is 0 Å². The van der Waals surface area contributed by atoms with E-state index in [4.69, 9.17) is 0 Å². The topological polar surface area (TPSA) is 3.24 Å². The highest BCUT2D eigenvalue weighted by molar-refractivity contribution is 5.27. The lowest BCUT2D eigenvalue weighted by Gasteiger charge is -2.16. The summed E-state index contributed by atoms with van der Waals surface area (Å²) >= 11 is 0. The first-order chi connectivity index (χ1) is 8.16. The van der Waals surface area contributed by atoms with Gasteiger partial charge in [-0.25, -0.2) is 0 Å². The zero-order chi connectivity index (χ0) is 12.3. The molecule has 1 nitrogen and oxygen atoms in total. The lowest BCUT2D eigenvalue weighted by molar-refractivity contribution is 0.347. The minimum Gasteiger partial charge on any atom is -0.306 e. The van der Waals surface area contributed by atoms with Crippen molar-refractivity contribution in [2.24, 2.45) is 0 Å². The van der Waals surface area contributed by atoms with Gasteiger partial charge in [-0.3, -0.25) is 0 Å². The van der Waals surface area contributed by atoms with E-state index in [1.807, 2.05) is 0 Å². The number of rotatable bonds is 2. The Hall–Kier alpha value is -0.820. The summed E-state index contributed by atoms with van der Waals surface area (Å²) in [7, 11) is 2.24. The molecule has 1 unspecified atom stereocenters. The molecule has 17 heavy (non-hydrogen) atoms. The van der Waals surface area contributed by atoms with E-state index < -0.39 is 0 Å². The first-order valence-electron chi connectivity index (χ1n) is 6.95. The predicted octanol–water partition coefficient (Wildman–Crippen LogP) is 4.01. The van der Waals surface area contributed by atoms with Crippen LogP contribution in [-0.2, 0) is 0 Å². The second-order valence-corrected chi connectivity index (χ2v) is 5.75. The van der Waals surface area contributed by atoms with Crippen LogP contribution >= 0.6 is 0 Å². The summed E-state index contributed by atoms with van der Waals surface area (Å²) in [6.07, 6.45) is 4.01. The van der Waals surface area contributed by atoms with Gasteiger partial charge in [-0.2, -0.15) is 0 Å². The Labute approximate surface area is 106 Å². The number of hydrogen-bond donors (Lipinski definition) is 0. The standard InChI is InChI=1S/C16H25N/c1-13(2)14-6-8-16(9-7-14)15-5-4-11-17(3)12-10-15/h6-9,13,15H,4-5,10-12H2,1-3H3. The lowest BCUT2D eigenvalue weighted by Crippen LogP contribution is -2.18. The quantitative estimate of drug-likeness (QED) is 0.743. The van der Waals surface area contributed by atoms with Crippen molar-refractivity contribution < 1.29 is 0 Å². The van der Waals surface area contributed by atoms with Crippen molar-refractivity contribution in [2.75, 3.05) is 20.1 Å². The summed E-state index contributed by atoms with van der Waals surface area (Å²) in [5, 5.41) is 0. The Kier molecular flexibility index (Phi) is 4.22. The number of likely N-dealkylation sites (tertiary alicyclic amines) is 1. The number of nitrogens with zero attached hydrogens (tertiary/aromatic N) is 1. The molecule has 0 N–H and O–H groups in total. The van der Waals surface area contributed by atoms with Gasteiger partial charge in [0, 0.05) is 0 Å². The lowest BCUT2D eigenvalue weighted by atomic mass is 9.90. The van der Waals surface area contributed by atoms with Crippen LogP contribution in [0.25, 0.3) is 0 Å². The van der Waals surface area contributed by atoms with E-state index in [1.165, 1.54) is 37.9 Å². The normalized spacial score (nSPS) is 22.7. The maximum atomic E-state index is 2.46. The van der Waals surface area contributed by atoms with Crippen molar-refractivity contribution in [1.82, 2.24) is 4.90 Å². The van der Waals surface area contributed by atoms with Crippen LogP contribution < -0.4 is 0 Å². The fourth-order valence-electron chi connectivity index (χ4n) is 2.73. The summed E-state index contributed by atoms with van der Waals surface area (Å²) < 4.78 is 0. The first kappa shape index (κ1) is 12.6. The third-order valence-electron chi connectivity index (χ3n) is 4.03. The van der Waals surface area contributed by atoms with E-state index in [2.05, 4.69) is 50.1 Å². The molecule has 1 aliphatic heterocycles. The van der Waals surface area contributed by atoms with Crippen LogP contribution in [0.1, 0.15) is 56.1 Å². The molecule has 0 amide bonds. The van der Waals surface area contributed by atoms with E-state index in [1.54, 1.807) is 5.56 Å². The first-order valence-corrected chi connectivity index (χ1v) is 6.95. The van der Waals surface area contributed by atoms with E-state index in [9.17, 15) is 0 Å². The molecule has 0 bridgehead atoms. The molecule has 1 atom stereocenters. The molecule has 0 saturated carbocycles. The molecule has 1 saturated heterocycles. The summed E-state index contributed by atoms with van der Waals surface area (Å²) in [4.78, 5) is 2.46. The fourth-order valence-corrected chi connectivity index (χ4v) is 2.73. The molecular weight excluding hydrogens is 206 g/mol.